The van der Waals surface area contributed by atoms with E-state index in [1.165, 1.54) is 23.0 Å². The molecule has 118 valence electrons. The second-order valence-electron chi connectivity index (χ2n) is 4.46. The van der Waals surface area contributed by atoms with Crippen LogP contribution in [0.4, 0.5) is 0 Å². The molecule has 1 aromatic heterocycles. The average Bonchev–Trinajstić information content (AvgIpc) is 2.50. The molecule has 0 aliphatic heterocycles. The first kappa shape index (κ1) is 16.2. The number of nitrogens with one attached hydrogen (secondary N) is 1. The molecule has 1 N–H and O–H groups in total. The van der Waals surface area contributed by atoms with E-state index in [0.717, 1.165) is 0 Å². The van der Waals surface area contributed by atoms with E-state index in [4.69, 9.17) is 4.74 Å². The minimum atomic E-state index is -3.45. The van der Waals surface area contributed by atoms with Crippen LogP contribution in [0, 0.1) is 0 Å². The highest BCUT2D eigenvalue weighted by molar-refractivity contribution is 7.89. The molecule has 1 heterocycles. The van der Waals surface area contributed by atoms with Crippen molar-refractivity contribution in [3.8, 4) is 5.75 Å². The smallest absolute Gasteiger partial charge is 0.266 e. The van der Waals surface area contributed by atoms with E-state index in [1.54, 1.807) is 12.1 Å². The summed E-state index contributed by atoms with van der Waals surface area (Å²) in [6.07, 6.45) is 1.48. The largest absolute Gasteiger partial charge is 0.492 e. The molecule has 0 aliphatic rings. The Bertz CT molecular complexity index is 744. The second kappa shape index (κ2) is 7.71. The molecule has 0 fully saturated rings. The maximum Gasteiger partial charge on any atom is 0.266 e. The van der Waals surface area contributed by atoms with Crippen molar-refractivity contribution < 1.29 is 13.2 Å². The average molecular weight is 323 g/mol. The van der Waals surface area contributed by atoms with Crippen molar-refractivity contribution in [1.82, 2.24) is 14.5 Å². The summed E-state index contributed by atoms with van der Waals surface area (Å²) in [6.45, 7) is 0.339. The minimum Gasteiger partial charge on any atom is -0.492 e. The third-order valence-electron chi connectivity index (χ3n) is 2.79. The monoisotopic (exact) mass is 323 g/mol. The summed E-state index contributed by atoms with van der Waals surface area (Å²) in [5.41, 5.74) is -0.269. The van der Waals surface area contributed by atoms with Crippen molar-refractivity contribution in [2.45, 2.75) is 6.54 Å². The fourth-order valence-electron chi connectivity index (χ4n) is 1.72. The fraction of sp³-hybridized carbons (Fsp3) is 0.286. The molecule has 0 saturated carbocycles. The Morgan fingerprint density at radius 2 is 1.91 bits per heavy atom. The number of hydrogen-bond donors (Lipinski definition) is 1. The molecular formula is C14H17N3O4S. The summed E-state index contributed by atoms with van der Waals surface area (Å²) in [4.78, 5) is 11.4. The minimum absolute atomic E-state index is 0.0584. The van der Waals surface area contributed by atoms with Crippen molar-refractivity contribution in [2.24, 2.45) is 0 Å². The summed E-state index contributed by atoms with van der Waals surface area (Å²) >= 11 is 0. The maximum atomic E-state index is 11.8. The number of rotatable bonds is 8. The standard InChI is InChI=1S/C14H17N3O4S/c18-14-7-4-8-15-17(14)10-9-16-22(19,20)12-11-21-13-5-2-1-3-6-13/h1-8,16H,9-12H2. The van der Waals surface area contributed by atoms with E-state index in [1.807, 2.05) is 18.2 Å². The Balaban J connectivity index is 1.74. The quantitative estimate of drug-likeness (QED) is 0.751. The normalized spacial score (nSPS) is 11.3. The Morgan fingerprint density at radius 1 is 1.14 bits per heavy atom. The van der Waals surface area contributed by atoms with E-state index in [2.05, 4.69) is 9.82 Å². The number of sulfonamides is 1. The van der Waals surface area contributed by atoms with Crippen molar-refractivity contribution in [3.63, 3.8) is 0 Å². The third kappa shape index (κ3) is 5.30. The summed E-state index contributed by atoms with van der Waals surface area (Å²) in [5.74, 6) is 0.469. The third-order valence-corrected chi connectivity index (χ3v) is 4.14. The van der Waals surface area contributed by atoms with Crippen LogP contribution in [0.2, 0.25) is 0 Å². The molecule has 0 unspecified atom stereocenters. The molecule has 8 heteroatoms. The maximum absolute atomic E-state index is 11.8. The number of benzene rings is 1. The lowest BCUT2D eigenvalue weighted by Crippen LogP contribution is -2.34. The van der Waals surface area contributed by atoms with Gasteiger partial charge >= 0.3 is 0 Å². The molecule has 22 heavy (non-hydrogen) atoms. The van der Waals surface area contributed by atoms with E-state index < -0.39 is 10.0 Å². The van der Waals surface area contributed by atoms with Gasteiger partial charge < -0.3 is 4.74 Å². The zero-order chi connectivity index (χ0) is 15.8. The van der Waals surface area contributed by atoms with Gasteiger partial charge in [0, 0.05) is 18.8 Å². The van der Waals surface area contributed by atoms with Crippen LogP contribution in [-0.4, -0.2) is 37.1 Å². The predicted octanol–water partition coefficient (Wildman–Crippen LogP) is 0.242. The van der Waals surface area contributed by atoms with Gasteiger partial charge in [-0.2, -0.15) is 5.10 Å². The number of ether oxygens (including phenoxy) is 1. The van der Waals surface area contributed by atoms with Gasteiger partial charge in [-0.05, 0) is 18.2 Å². The molecular weight excluding hydrogens is 306 g/mol. The predicted molar refractivity (Wildman–Crippen MR) is 82.2 cm³/mol. The SMILES string of the molecule is O=c1cccnn1CCNS(=O)(=O)CCOc1ccccc1. The van der Waals surface area contributed by atoms with Gasteiger partial charge in [-0.25, -0.2) is 17.8 Å². The van der Waals surface area contributed by atoms with Gasteiger partial charge in [0.1, 0.15) is 12.4 Å². The van der Waals surface area contributed by atoms with Crippen LogP contribution in [0.15, 0.2) is 53.5 Å². The first-order valence-corrected chi connectivity index (χ1v) is 8.39. The molecule has 0 aliphatic carbocycles. The highest BCUT2D eigenvalue weighted by atomic mass is 32.2. The fourth-order valence-corrected chi connectivity index (χ4v) is 2.57. The molecule has 0 spiro atoms. The molecule has 2 rings (SSSR count). The highest BCUT2D eigenvalue weighted by Crippen LogP contribution is 2.07. The molecule has 0 saturated heterocycles. The van der Waals surface area contributed by atoms with Gasteiger partial charge in [0.15, 0.2) is 0 Å². The van der Waals surface area contributed by atoms with Crippen LogP contribution in [0.5, 0.6) is 5.75 Å². The zero-order valence-electron chi connectivity index (χ0n) is 11.9. The van der Waals surface area contributed by atoms with E-state index in [-0.39, 0.29) is 31.0 Å². The van der Waals surface area contributed by atoms with E-state index >= 15 is 0 Å². The molecule has 1 aromatic carbocycles. The van der Waals surface area contributed by atoms with E-state index in [9.17, 15) is 13.2 Å². The van der Waals surface area contributed by atoms with Gasteiger partial charge in [-0.3, -0.25) is 4.79 Å². The lowest BCUT2D eigenvalue weighted by molar-refractivity contribution is 0.340. The van der Waals surface area contributed by atoms with Crippen molar-refractivity contribution in [2.75, 3.05) is 18.9 Å². The number of aromatic nitrogens is 2. The van der Waals surface area contributed by atoms with Crippen LogP contribution in [0.25, 0.3) is 0 Å². The molecule has 7 nitrogen and oxygen atoms in total. The van der Waals surface area contributed by atoms with Gasteiger partial charge in [0.05, 0.1) is 12.3 Å². The van der Waals surface area contributed by atoms with Gasteiger partial charge in [0.25, 0.3) is 5.56 Å². The van der Waals surface area contributed by atoms with Gasteiger partial charge in [-0.15, -0.1) is 0 Å². The van der Waals surface area contributed by atoms with Crippen LogP contribution in [0.1, 0.15) is 0 Å². The van der Waals surface area contributed by atoms with Crippen LogP contribution >= 0.6 is 0 Å². The topological polar surface area (TPSA) is 90.3 Å². The Morgan fingerprint density at radius 3 is 2.64 bits per heavy atom. The van der Waals surface area contributed by atoms with Crippen LogP contribution in [0.3, 0.4) is 0 Å². The summed E-state index contributed by atoms with van der Waals surface area (Å²) in [6, 6.07) is 11.9. The van der Waals surface area contributed by atoms with Gasteiger partial charge in [-0.1, -0.05) is 18.2 Å². The Kier molecular flexibility index (Phi) is 5.68. The molecule has 0 bridgehead atoms. The lowest BCUT2D eigenvalue weighted by Gasteiger charge is -2.09. The van der Waals surface area contributed by atoms with Crippen molar-refractivity contribution in [1.29, 1.82) is 0 Å². The van der Waals surface area contributed by atoms with Gasteiger partial charge in [0.2, 0.25) is 10.0 Å². The Hall–Kier alpha value is -2.19. The number of hydrogen-bond acceptors (Lipinski definition) is 5. The molecule has 0 atom stereocenters. The number of nitrogens with zero attached hydrogens (tertiary/aromatic N) is 2. The first-order valence-electron chi connectivity index (χ1n) is 6.74. The summed E-state index contributed by atoms with van der Waals surface area (Å²) < 4.78 is 32.5. The molecule has 0 radical (unpaired) electrons. The molecule has 0 amide bonds. The first-order chi connectivity index (χ1) is 10.6. The highest BCUT2D eigenvalue weighted by Gasteiger charge is 2.10. The van der Waals surface area contributed by atoms with Crippen LogP contribution in [-0.2, 0) is 16.6 Å². The van der Waals surface area contributed by atoms with Crippen molar-refractivity contribution in [3.05, 3.63) is 59.0 Å². The van der Waals surface area contributed by atoms with Crippen LogP contribution < -0.4 is 15.0 Å². The number of para-hydroxylation sites is 1. The summed E-state index contributed by atoms with van der Waals surface area (Å²) in [5, 5.41) is 3.84. The molecule has 2 aromatic rings. The lowest BCUT2D eigenvalue weighted by atomic mass is 10.3. The zero-order valence-corrected chi connectivity index (χ0v) is 12.7. The Labute approximate surface area is 128 Å². The summed E-state index contributed by atoms with van der Waals surface area (Å²) in [7, 11) is -3.45. The second-order valence-corrected chi connectivity index (χ2v) is 6.39. The van der Waals surface area contributed by atoms with Crippen molar-refractivity contribution >= 4 is 10.0 Å². The van der Waals surface area contributed by atoms with E-state index in [0.29, 0.717) is 5.75 Å².